The molecular weight excluding hydrogens is 427 g/mol. The standard InChI is InChI=1S/C16H12BrClF3NOS/c17-12-4-1-10(2-5-12)8-24-9-15(23)22-14-7-11(16(19,20)21)3-6-13(14)18/h1-7H,8-9H2,(H,22,23). The molecule has 1 amide bonds. The molecule has 128 valence electrons. The topological polar surface area (TPSA) is 29.1 Å². The molecule has 2 rings (SSSR count). The predicted molar refractivity (Wildman–Crippen MR) is 95.4 cm³/mol. The smallest absolute Gasteiger partial charge is 0.324 e. The van der Waals surface area contributed by atoms with Gasteiger partial charge in [-0.05, 0) is 35.9 Å². The lowest BCUT2D eigenvalue weighted by atomic mass is 10.2. The molecule has 0 aromatic heterocycles. The number of amides is 1. The molecular formula is C16H12BrClF3NOS. The second-order valence-electron chi connectivity index (χ2n) is 4.86. The lowest BCUT2D eigenvalue weighted by molar-refractivity contribution is -0.137. The van der Waals surface area contributed by atoms with Crippen molar-refractivity contribution in [3.8, 4) is 0 Å². The minimum Gasteiger partial charge on any atom is -0.324 e. The van der Waals surface area contributed by atoms with E-state index >= 15 is 0 Å². The summed E-state index contributed by atoms with van der Waals surface area (Å²) in [7, 11) is 0. The van der Waals surface area contributed by atoms with E-state index in [0.717, 1.165) is 28.2 Å². The van der Waals surface area contributed by atoms with Gasteiger partial charge in [0, 0.05) is 10.2 Å². The third kappa shape index (κ3) is 5.72. The first-order valence-electron chi connectivity index (χ1n) is 6.74. The Hall–Kier alpha value is -1.18. The summed E-state index contributed by atoms with van der Waals surface area (Å²) in [6.07, 6.45) is -4.49. The summed E-state index contributed by atoms with van der Waals surface area (Å²) < 4.78 is 39.0. The summed E-state index contributed by atoms with van der Waals surface area (Å²) in [4.78, 5) is 11.9. The van der Waals surface area contributed by atoms with Gasteiger partial charge in [0.25, 0.3) is 0 Å². The van der Waals surface area contributed by atoms with Crippen LogP contribution in [0.5, 0.6) is 0 Å². The second kappa shape index (κ2) is 8.27. The molecule has 0 aliphatic carbocycles. The van der Waals surface area contributed by atoms with Gasteiger partial charge in [-0.1, -0.05) is 39.7 Å². The van der Waals surface area contributed by atoms with Gasteiger partial charge in [-0.25, -0.2) is 0 Å². The Morgan fingerprint density at radius 2 is 1.83 bits per heavy atom. The second-order valence-corrected chi connectivity index (χ2v) is 7.17. The van der Waals surface area contributed by atoms with Crippen LogP contribution in [0.15, 0.2) is 46.9 Å². The van der Waals surface area contributed by atoms with E-state index in [2.05, 4.69) is 21.2 Å². The van der Waals surface area contributed by atoms with Crippen molar-refractivity contribution in [2.75, 3.05) is 11.1 Å². The number of halogens is 5. The van der Waals surface area contributed by atoms with E-state index in [4.69, 9.17) is 11.6 Å². The van der Waals surface area contributed by atoms with Gasteiger partial charge in [0.1, 0.15) is 0 Å². The molecule has 0 saturated heterocycles. The molecule has 24 heavy (non-hydrogen) atoms. The first-order chi connectivity index (χ1) is 11.3. The van der Waals surface area contributed by atoms with Gasteiger partial charge in [0.05, 0.1) is 22.0 Å². The van der Waals surface area contributed by atoms with Crippen molar-refractivity contribution < 1.29 is 18.0 Å². The lowest BCUT2D eigenvalue weighted by Crippen LogP contribution is -2.15. The van der Waals surface area contributed by atoms with Crippen LogP contribution in [-0.4, -0.2) is 11.7 Å². The highest BCUT2D eigenvalue weighted by Crippen LogP contribution is 2.33. The molecule has 0 unspecified atom stereocenters. The SMILES string of the molecule is O=C(CSCc1ccc(Br)cc1)Nc1cc(C(F)(F)F)ccc1Cl. The van der Waals surface area contributed by atoms with Gasteiger partial charge in [0.2, 0.25) is 5.91 Å². The molecule has 2 aromatic rings. The number of thioether (sulfide) groups is 1. The van der Waals surface area contributed by atoms with E-state index in [1.54, 1.807) is 0 Å². The Labute approximate surface area is 154 Å². The number of nitrogens with one attached hydrogen (secondary N) is 1. The van der Waals surface area contributed by atoms with Crippen molar-refractivity contribution >= 4 is 50.9 Å². The summed E-state index contributed by atoms with van der Waals surface area (Å²) >= 11 is 10.5. The largest absolute Gasteiger partial charge is 0.416 e. The average molecular weight is 439 g/mol. The number of rotatable bonds is 5. The summed E-state index contributed by atoms with van der Waals surface area (Å²) in [5, 5.41) is 2.48. The van der Waals surface area contributed by atoms with Gasteiger partial charge in [-0.15, -0.1) is 11.8 Å². The Balaban J connectivity index is 1.91. The van der Waals surface area contributed by atoms with Crippen LogP contribution in [-0.2, 0) is 16.7 Å². The number of hydrogen-bond acceptors (Lipinski definition) is 2. The zero-order valence-corrected chi connectivity index (χ0v) is 15.3. The van der Waals surface area contributed by atoms with E-state index in [-0.39, 0.29) is 16.5 Å². The highest BCUT2D eigenvalue weighted by Gasteiger charge is 2.31. The third-order valence-electron chi connectivity index (χ3n) is 2.98. The first-order valence-corrected chi connectivity index (χ1v) is 9.07. The van der Waals surface area contributed by atoms with E-state index < -0.39 is 17.6 Å². The maximum absolute atomic E-state index is 12.7. The quantitative estimate of drug-likeness (QED) is 0.621. The fourth-order valence-electron chi connectivity index (χ4n) is 1.83. The minimum absolute atomic E-state index is 0.0410. The van der Waals surface area contributed by atoms with E-state index in [1.807, 2.05) is 24.3 Å². The summed E-state index contributed by atoms with van der Waals surface area (Å²) in [5.74, 6) is 0.331. The fraction of sp³-hybridized carbons (Fsp3) is 0.188. The molecule has 0 saturated carbocycles. The van der Waals surface area contributed by atoms with Crippen LogP contribution in [0.1, 0.15) is 11.1 Å². The zero-order chi connectivity index (χ0) is 17.7. The molecule has 0 radical (unpaired) electrons. The molecule has 1 N–H and O–H groups in total. The van der Waals surface area contributed by atoms with E-state index in [1.165, 1.54) is 11.8 Å². The van der Waals surface area contributed by atoms with Gasteiger partial charge >= 0.3 is 6.18 Å². The zero-order valence-electron chi connectivity index (χ0n) is 12.2. The number of benzene rings is 2. The van der Waals surface area contributed by atoms with Crippen LogP contribution in [0.3, 0.4) is 0 Å². The molecule has 0 aliphatic rings. The molecule has 0 bridgehead atoms. The molecule has 2 nitrogen and oxygen atoms in total. The number of carbonyl (C=O) groups excluding carboxylic acids is 1. The number of carbonyl (C=O) groups is 1. The summed E-state index contributed by atoms with van der Waals surface area (Å²) in [6.45, 7) is 0. The van der Waals surface area contributed by atoms with Crippen molar-refractivity contribution in [1.82, 2.24) is 0 Å². The minimum atomic E-state index is -4.49. The van der Waals surface area contributed by atoms with Crippen LogP contribution in [0.25, 0.3) is 0 Å². The first kappa shape index (κ1) is 19.1. The van der Waals surface area contributed by atoms with Crippen LogP contribution in [0.4, 0.5) is 18.9 Å². The highest BCUT2D eigenvalue weighted by atomic mass is 79.9. The third-order valence-corrected chi connectivity index (χ3v) is 4.84. The highest BCUT2D eigenvalue weighted by molar-refractivity contribution is 9.10. The molecule has 0 fully saturated rings. The molecule has 0 atom stereocenters. The van der Waals surface area contributed by atoms with Crippen molar-refractivity contribution in [2.24, 2.45) is 0 Å². The van der Waals surface area contributed by atoms with Crippen LogP contribution in [0.2, 0.25) is 5.02 Å². The van der Waals surface area contributed by atoms with E-state index in [9.17, 15) is 18.0 Å². The van der Waals surface area contributed by atoms with Gasteiger partial charge < -0.3 is 5.32 Å². The van der Waals surface area contributed by atoms with Gasteiger partial charge in [0.15, 0.2) is 0 Å². The average Bonchev–Trinajstić information content (AvgIpc) is 2.50. The summed E-state index contributed by atoms with van der Waals surface area (Å²) in [6, 6.07) is 10.5. The Bertz CT molecular complexity index is 722. The van der Waals surface area contributed by atoms with Crippen LogP contribution >= 0.6 is 39.3 Å². The number of alkyl halides is 3. The maximum Gasteiger partial charge on any atom is 0.416 e. The molecule has 8 heteroatoms. The van der Waals surface area contributed by atoms with Crippen molar-refractivity contribution in [1.29, 1.82) is 0 Å². The van der Waals surface area contributed by atoms with Crippen molar-refractivity contribution in [3.05, 3.63) is 63.1 Å². The van der Waals surface area contributed by atoms with Crippen LogP contribution in [0, 0.1) is 0 Å². The maximum atomic E-state index is 12.7. The molecule has 0 spiro atoms. The normalized spacial score (nSPS) is 11.4. The van der Waals surface area contributed by atoms with Crippen LogP contribution < -0.4 is 5.32 Å². The van der Waals surface area contributed by atoms with E-state index in [0.29, 0.717) is 5.75 Å². The number of hydrogen-bond donors (Lipinski definition) is 1. The predicted octanol–water partition coefficient (Wildman–Crippen LogP) is 5.99. The fourth-order valence-corrected chi connectivity index (χ4v) is 3.04. The van der Waals surface area contributed by atoms with Crippen molar-refractivity contribution in [3.63, 3.8) is 0 Å². The van der Waals surface area contributed by atoms with Crippen molar-refractivity contribution in [2.45, 2.75) is 11.9 Å². The Morgan fingerprint density at radius 3 is 2.46 bits per heavy atom. The van der Waals surface area contributed by atoms with Gasteiger partial charge in [-0.2, -0.15) is 13.2 Å². The monoisotopic (exact) mass is 437 g/mol. The molecule has 0 aliphatic heterocycles. The number of anilines is 1. The Morgan fingerprint density at radius 1 is 1.17 bits per heavy atom. The molecule has 2 aromatic carbocycles. The summed E-state index contributed by atoms with van der Waals surface area (Å²) in [5.41, 5.74) is 0.151. The molecule has 0 heterocycles. The Kier molecular flexibility index (Phi) is 6.60. The lowest BCUT2D eigenvalue weighted by Gasteiger charge is -2.11. The van der Waals surface area contributed by atoms with Gasteiger partial charge in [-0.3, -0.25) is 4.79 Å².